The zero-order valence-electron chi connectivity index (χ0n) is 18.7. The van der Waals surface area contributed by atoms with E-state index < -0.39 is 41.0 Å². The molecule has 1 spiro atoms. The molecule has 5 atom stereocenters. The predicted molar refractivity (Wildman–Crippen MR) is 130 cm³/mol. The number of rotatable bonds is 4. The van der Waals surface area contributed by atoms with Crippen molar-refractivity contribution in [1.82, 2.24) is 5.32 Å². The Balaban J connectivity index is 1.75. The first kappa shape index (κ1) is 23.8. The molecule has 0 aromatic heterocycles. The molecule has 5 nitrogen and oxygen atoms in total. The van der Waals surface area contributed by atoms with Gasteiger partial charge in [-0.15, -0.1) is 0 Å². The minimum absolute atomic E-state index is 0.122. The van der Waals surface area contributed by atoms with E-state index >= 15 is 8.78 Å². The van der Waals surface area contributed by atoms with Gasteiger partial charge in [-0.05, 0) is 60.5 Å². The number of hydrogen-bond donors (Lipinski definition) is 2. The summed E-state index contributed by atoms with van der Waals surface area (Å²) in [6.07, 6.45) is 1.10. The molecule has 1 fully saturated rings. The van der Waals surface area contributed by atoms with Crippen LogP contribution in [0.3, 0.4) is 0 Å². The largest absolute Gasteiger partial charge is 0.494 e. The van der Waals surface area contributed by atoms with Gasteiger partial charge in [-0.2, -0.15) is 0 Å². The van der Waals surface area contributed by atoms with E-state index in [2.05, 4.69) is 10.6 Å². The van der Waals surface area contributed by atoms with Gasteiger partial charge in [-0.25, -0.2) is 8.78 Å². The molecule has 1 aliphatic carbocycles. The van der Waals surface area contributed by atoms with Gasteiger partial charge in [0, 0.05) is 28.1 Å². The van der Waals surface area contributed by atoms with Gasteiger partial charge < -0.3 is 15.4 Å². The van der Waals surface area contributed by atoms with Gasteiger partial charge in [-0.1, -0.05) is 41.4 Å². The van der Waals surface area contributed by atoms with Crippen molar-refractivity contribution in [2.75, 3.05) is 11.9 Å². The van der Waals surface area contributed by atoms with Crippen molar-refractivity contribution < 1.29 is 23.1 Å². The number of anilines is 1. The minimum atomic E-state index is -2.74. The monoisotopic (exact) mass is 518 g/mol. The number of benzene rings is 2. The number of allylic oxidation sites excluding steroid dienone is 2. The van der Waals surface area contributed by atoms with Crippen LogP contribution in [0.1, 0.15) is 30.4 Å². The van der Waals surface area contributed by atoms with Crippen molar-refractivity contribution in [2.24, 2.45) is 0 Å². The molecule has 9 heteroatoms. The zero-order chi connectivity index (χ0) is 25.0. The number of piperidine rings is 1. The topological polar surface area (TPSA) is 67.4 Å². The van der Waals surface area contributed by atoms with Crippen molar-refractivity contribution in [3.63, 3.8) is 0 Å². The van der Waals surface area contributed by atoms with Crippen LogP contribution in [0.25, 0.3) is 0 Å². The molecule has 1 saturated heterocycles. The smallest absolute Gasteiger partial charge is 0.238 e. The van der Waals surface area contributed by atoms with Crippen LogP contribution in [0.15, 0.2) is 66.5 Å². The van der Waals surface area contributed by atoms with Crippen molar-refractivity contribution in [2.45, 2.75) is 42.6 Å². The standard InChI is InChI=1S/C26H22Cl2F2N2O3/c1-2-35-17-8-9-25(30,21(29)12-17)23-26(18-7-6-16(28)11-20(18)31-24(26)34)19(13-22(33)32-23)14-4-3-5-15(27)10-14/h3-12,19,21,23H,2,13H2,1H3,(H,31,34)(H,32,33)/t19-,21?,23-,25?,26-/m0/s1. The first-order chi connectivity index (χ1) is 16.7. The van der Waals surface area contributed by atoms with Gasteiger partial charge in [0.25, 0.3) is 0 Å². The fraction of sp³-hybridized carbons (Fsp3) is 0.308. The lowest BCUT2D eigenvalue weighted by Gasteiger charge is -2.51. The molecule has 2 aromatic carbocycles. The van der Waals surface area contributed by atoms with Gasteiger partial charge in [0.1, 0.15) is 11.2 Å². The number of amides is 2. The summed E-state index contributed by atoms with van der Waals surface area (Å²) in [4.78, 5) is 26.8. The molecule has 2 unspecified atom stereocenters. The average molecular weight is 519 g/mol. The maximum absolute atomic E-state index is 16.8. The Kier molecular flexibility index (Phi) is 5.88. The van der Waals surface area contributed by atoms with Crippen LogP contribution in [0.5, 0.6) is 0 Å². The van der Waals surface area contributed by atoms with Crippen molar-refractivity contribution >= 4 is 40.7 Å². The number of ether oxygens (including phenoxy) is 1. The van der Waals surface area contributed by atoms with Crippen molar-refractivity contribution in [3.8, 4) is 0 Å². The third-order valence-corrected chi connectivity index (χ3v) is 7.46. The van der Waals surface area contributed by atoms with E-state index in [1.54, 1.807) is 49.4 Å². The molecule has 182 valence electrons. The van der Waals surface area contributed by atoms with Crippen LogP contribution in [-0.4, -0.2) is 36.3 Å². The van der Waals surface area contributed by atoms with Crippen molar-refractivity contribution in [3.05, 3.63) is 87.6 Å². The van der Waals surface area contributed by atoms with E-state index in [1.165, 1.54) is 6.08 Å². The van der Waals surface area contributed by atoms with Crippen LogP contribution in [0.2, 0.25) is 10.0 Å². The van der Waals surface area contributed by atoms with E-state index in [0.29, 0.717) is 26.9 Å². The highest BCUT2D eigenvalue weighted by Crippen LogP contribution is 2.57. The van der Waals surface area contributed by atoms with Crippen molar-refractivity contribution in [1.29, 1.82) is 0 Å². The van der Waals surface area contributed by atoms with Gasteiger partial charge >= 0.3 is 0 Å². The lowest BCUT2D eigenvalue weighted by molar-refractivity contribution is -0.135. The molecular weight excluding hydrogens is 497 g/mol. The molecule has 2 amide bonds. The number of nitrogens with one attached hydrogen (secondary N) is 2. The molecule has 5 rings (SSSR count). The van der Waals surface area contributed by atoms with E-state index in [4.69, 9.17) is 27.9 Å². The fourth-order valence-electron chi connectivity index (χ4n) is 5.55. The number of carbonyl (C=O) groups is 2. The van der Waals surface area contributed by atoms with Gasteiger partial charge in [0.05, 0.1) is 12.6 Å². The Morgan fingerprint density at radius 1 is 1.14 bits per heavy atom. The molecule has 0 radical (unpaired) electrons. The third kappa shape index (κ3) is 3.64. The molecule has 35 heavy (non-hydrogen) atoms. The van der Waals surface area contributed by atoms with Crippen LogP contribution < -0.4 is 10.6 Å². The molecular formula is C26H22Cl2F2N2O3. The summed E-state index contributed by atoms with van der Waals surface area (Å²) in [5, 5.41) is 6.20. The van der Waals surface area contributed by atoms with Gasteiger partial charge in [-0.3, -0.25) is 9.59 Å². The van der Waals surface area contributed by atoms with E-state index in [9.17, 15) is 9.59 Å². The molecule has 2 heterocycles. The van der Waals surface area contributed by atoms with E-state index in [-0.39, 0.29) is 18.8 Å². The average Bonchev–Trinajstić information content (AvgIpc) is 3.09. The lowest BCUT2D eigenvalue weighted by Crippen LogP contribution is -2.70. The second-order valence-electron chi connectivity index (χ2n) is 8.89. The second kappa shape index (κ2) is 8.64. The lowest BCUT2D eigenvalue weighted by atomic mass is 9.56. The number of carbonyl (C=O) groups excluding carboxylic acids is 2. The fourth-order valence-corrected chi connectivity index (χ4v) is 5.92. The summed E-state index contributed by atoms with van der Waals surface area (Å²) in [7, 11) is 0. The first-order valence-corrected chi connectivity index (χ1v) is 12.0. The number of halogens is 4. The predicted octanol–water partition coefficient (Wildman–Crippen LogP) is 5.39. The Hall–Kier alpha value is -2.90. The van der Waals surface area contributed by atoms with E-state index in [1.807, 2.05) is 0 Å². The Morgan fingerprint density at radius 2 is 1.91 bits per heavy atom. The summed E-state index contributed by atoms with van der Waals surface area (Å²) >= 11 is 12.4. The number of alkyl halides is 2. The summed E-state index contributed by atoms with van der Waals surface area (Å²) in [6.45, 7) is 2.01. The normalized spacial score (nSPS) is 31.6. The first-order valence-electron chi connectivity index (χ1n) is 11.2. The molecule has 0 saturated carbocycles. The SMILES string of the molecule is CCOC1=CC(F)C(F)([C@@H]2NC(=O)C[C@@H](c3cccc(Cl)c3)[C@]23C(=O)Nc2cc(Cl)ccc23)C=C1. The van der Waals surface area contributed by atoms with Crippen LogP contribution in [0.4, 0.5) is 14.5 Å². The van der Waals surface area contributed by atoms with Crippen LogP contribution in [0, 0.1) is 0 Å². The minimum Gasteiger partial charge on any atom is -0.494 e. The quantitative estimate of drug-likeness (QED) is 0.569. The van der Waals surface area contributed by atoms with Gasteiger partial charge in [0.15, 0.2) is 11.8 Å². The maximum atomic E-state index is 16.8. The number of fused-ring (bicyclic) bond motifs is 2. The van der Waals surface area contributed by atoms with E-state index in [0.717, 1.165) is 12.2 Å². The second-order valence-corrected chi connectivity index (χ2v) is 9.76. The summed E-state index contributed by atoms with van der Waals surface area (Å²) in [6, 6.07) is 9.95. The maximum Gasteiger partial charge on any atom is 0.238 e. The summed E-state index contributed by atoms with van der Waals surface area (Å²) in [5.41, 5.74) is -3.04. The number of hydrogen-bond acceptors (Lipinski definition) is 3. The highest BCUT2D eigenvalue weighted by molar-refractivity contribution is 6.31. The molecule has 2 N–H and O–H groups in total. The van der Waals surface area contributed by atoms with Crippen LogP contribution >= 0.6 is 23.2 Å². The molecule has 2 aromatic rings. The Bertz CT molecular complexity index is 1280. The third-order valence-electron chi connectivity index (χ3n) is 6.99. The Morgan fingerprint density at radius 3 is 2.63 bits per heavy atom. The molecule has 2 aliphatic heterocycles. The highest BCUT2D eigenvalue weighted by Gasteiger charge is 2.67. The molecule has 3 aliphatic rings. The summed E-state index contributed by atoms with van der Waals surface area (Å²) < 4.78 is 37.8. The Labute approximate surface area is 211 Å². The van der Waals surface area contributed by atoms with Gasteiger partial charge in [0.2, 0.25) is 11.8 Å². The van der Waals surface area contributed by atoms with Crippen LogP contribution in [-0.2, 0) is 19.7 Å². The zero-order valence-corrected chi connectivity index (χ0v) is 20.2. The molecule has 0 bridgehead atoms. The highest BCUT2D eigenvalue weighted by atomic mass is 35.5. The summed E-state index contributed by atoms with van der Waals surface area (Å²) in [5.74, 6) is -1.70.